The molecule has 5 heteroatoms. The number of halogens is 1. The fourth-order valence-corrected chi connectivity index (χ4v) is 3.12. The topological polar surface area (TPSA) is 30.5 Å². The van der Waals surface area contributed by atoms with Crippen LogP contribution in [0.5, 0.6) is 11.5 Å². The number of hydrogen-bond donors (Lipinski definition) is 1. The molecule has 0 radical (unpaired) electrons. The summed E-state index contributed by atoms with van der Waals surface area (Å²) < 4.78 is 12.0. The number of methoxy groups -OCH3 is 1. The molecule has 1 aromatic heterocycles. The third-order valence-corrected chi connectivity index (χ3v) is 4.40. The largest absolute Gasteiger partial charge is 0.497 e. The van der Waals surface area contributed by atoms with Gasteiger partial charge in [0, 0.05) is 22.5 Å². The number of rotatable bonds is 7. The van der Waals surface area contributed by atoms with E-state index in [4.69, 9.17) is 21.1 Å². The Hall–Kier alpha value is -1.23. The van der Waals surface area contributed by atoms with Gasteiger partial charge in [-0.25, -0.2) is 0 Å². The molecule has 21 heavy (non-hydrogen) atoms. The van der Waals surface area contributed by atoms with Gasteiger partial charge in [-0.2, -0.15) is 0 Å². The molecule has 1 unspecified atom stereocenters. The Kier molecular flexibility index (Phi) is 5.91. The van der Waals surface area contributed by atoms with E-state index >= 15 is 0 Å². The molecule has 0 fully saturated rings. The van der Waals surface area contributed by atoms with Crippen LogP contribution in [-0.4, -0.2) is 13.7 Å². The van der Waals surface area contributed by atoms with Crippen molar-refractivity contribution in [3.63, 3.8) is 0 Å². The molecule has 0 spiro atoms. The fraction of sp³-hybridized carbons (Fsp3) is 0.375. The van der Waals surface area contributed by atoms with Gasteiger partial charge in [0.05, 0.1) is 11.4 Å². The van der Waals surface area contributed by atoms with Crippen molar-refractivity contribution in [2.45, 2.75) is 26.5 Å². The van der Waals surface area contributed by atoms with Crippen molar-refractivity contribution >= 4 is 22.9 Å². The summed E-state index contributed by atoms with van der Waals surface area (Å²) in [6, 6.07) is 10.0. The minimum atomic E-state index is 0.225. The molecular weight excluding hydrogens is 306 g/mol. The molecule has 1 heterocycles. The molecule has 0 aliphatic rings. The second-order valence-corrected chi connectivity index (χ2v) is 6.48. The summed E-state index contributed by atoms with van der Waals surface area (Å²) in [5.74, 6) is 1.63. The van der Waals surface area contributed by atoms with Gasteiger partial charge in [-0.05, 0) is 31.7 Å². The lowest BCUT2D eigenvalue weighted by molar-refractivity contribution is 0.300. The molecule has 0 aliphatic heterocycles. The summed E-state index contributed by atoms with van der Waals surface area (Å²) >= 11 is 7.48. The van der Waals surface area contributed by atoms with Gasteiger partial charge in [-0.3, -0.25) is 0 Å². The van der Waals surface area contributed by atoms with Crippen LogP contribution in [0.25, 0.3) is 0 Å². The summed E-state index contributed by atoms with van der Waals surface area (Å²) in [7, 11) is 1.66. The summed E-state index contributed by atoms with van der Waals surface area (Å²) in [5, 5.41) is 3.40. The maximum Gasteiger partial charge on any atom is 0.128 e. The quantitative estimate of drug-likeness (QED) is 0.803. The summed E-state index contributed by atoms with van der Waals surface area (Å²) in [5.41, 5.74) is 1.13. The fourth-order valence-electron chi connectivity index (χ4n) is 2.12. The van der Waals surface area contributed by atoms with Crippen LogP contribution in [0.1, 0.15) is 30.3 Å². The molecule has 1 N–H and O–H groups in total. The van der Waals surface area contributed by atoms with Crippen molar-refractivity contribution < 1.29 is 9.47 Å². The van der Waals surface area contributed by atoms with E-state index in [2.05, 4.69) is 19.2 Å². The van der Waals surface area contributed by atoms with Crippen LogP contribution in [0.3, 0.4) is 0 Å². The number of benzene rings is 1. The maximum absolute atomic E-state index is 5.98. The third-order valence-electron chi connectivity index (χ3n) is 3.20. The highest BCUT2D eigenvalue weighted by atomic mass is 35.5. The molecule has 1 atom stereocenters. The third kappa shape index (κ3) is 4.37. The number of thiophene rings is 1. The van der Waals surface area contributed by atoms with Crippen molar-refractivity contribution in [3.05, 3.63) is 45.1 Å². The molecule has 2 rings (SSSR count). The zero-order valence-electron chi connectivity index (χ0n) is 12.5. The standard InChI is InChI=1S/C16H20ClNO2S/c1-4-18-11(2)14-7-5-12(19-3)9-15(14)20-10-13-6-8-16(17)21-13/h5-9,11,18H,4,10H2,1-3H3. The number of ether oxygens (including phenoxy) is 2. The molecular formula is C16H20ClNO2S. The second kappa shape index (κ2) is 7.69. The van der Waals surface area contributed by atoms with Gasteiger partial charge in [-0.1, -0.05) is 24.6 Å². The van der Waals surface area contributed by atoms with Crippen molar-refractivity contribution in [1.82, 2.24) is 5.32 Å². The van der Waals surface area contributed by atoms with Gasteiger partial charge in [0.2, 0.25) is 0 Å². The van der Waals surface area contributed by atoms with Crippen LogP contribution in [0.4, 0.5) is 0 Å². The van der Waals surface area contributed by atoms with E-state index in [0.29, 0.717) is 6.61 Å². The lowest BCUT2D eigenvalue weighted by atomic mass is 10.1. The number of nitrogens with one attached hydrogen (secondary N) is 1. The molecule has 0 saturated heterocycles. The summed E-state index contributed by atoms with van der Waals surface area (Å²) in [4.78, 5) is 1.10. The van der Waals surface area contributed by atoms with Crippen LogP contribution in [-0.2, 0) is 6.61 Å². The smallest absolute Gasteiger partial charge is 0.128 e. The number of hydrogen-bond acceptors (Lipinski definition) is 4. The lowest BCUT2D eigenvalue weighted by Gasteiger charge is -2.18. The summed E-state index contributed by atoms with van der Waals surface area (Å²) in [6.45, 7) is 5.64. The normalized spacial score (nSPS) is 12.2. The molecule has 0 aliphatic carbocycles. The first-order valence-corrected chi connectivity index (χ1v) is 8.11. The van der Waals surface area contributed by atoms with Crippen molar-refractivity contribution in [3.8, 4) is 11.5 Å². The molecule has 0 bridgehead atoms. The highest BCUT2D eigenvalue weighted by molar-refractivity contribution is 7.16. The minimum Gasteiger partial charge on any atom is -0.497 e. The molecule has 0 saturated carbocycles. The van der Waals surface area contributed by atoms with E-state index in [9.17, 15) is 0 Å². The Balaban J connectivity index is 2.17. The van der Waals surface area contributed by atoms with Crippen LogP contribution in [0.15, 0.2) is 30.3 Å². The molecule has 114 valence electrons. The van der Waals surface area contributed by atoms with Crippen LogP contribution < -0.4 is 14.8 Å². The Morgan fingerprint density at radius 2 is 2.10 bits per heavy atom. The van der Waals surface area contributed by atoms with Gasteiger partial charge < -0.3 is 14.8 Å². The van der Waals surface area contributed by atoms with Crippen LogP contribution in [0, 0.1) is 0 Å². The first-order chi connectivity index (χ1) is 10.1. The van der Waals surface area contributed by atoms with Gasteiger partial charge in [0.15, 0.2) is 0 Å². The van der Waals surface area contributed by atoms with Gasteiger partial charge in [0.1, 0.15) is 18.1 Å². The highest BCUT2D eigenvalue weighted by Gasteiger charge is 2.12. The lowest BCUT2D eigenvalue weighted by Crippen LogP contribution is -2.18. The average Bonchev–Trinajstić information content (AvgIpc) is 2.90. The first-order valence-electron chi connectivity index (χ1n) is 6.92. The Morgan fingerprint density at radius 3 is 2.71 bits per heavy atom. The average molecular weight is 326 g/mol. The predicted molar refractivity (Wildman–Crippen MR) is 88.7 cm³/mol. The van der Waals surface area contributed by atoms with Gasteiger partial charge in [-0.15, -0.1) is 11.3 Å². The van der Waals surface area contributed by atoms with Crippen LogP contribution >= 0.6 is 22.9 Å². The van der Waals surface area contributed by atoms with Crippen molar-refractivity contribution in [1.29, 1.82) is 0 Å². The Bertz CT molecular complexity index is 585. The maximum atomic E-state index is 5.98. The molecule has 3 nitrogen and oxygen atoms in total. The first kappa shape index (κ1) is 16.1. The zero-order valence-corrected chi connectivity index (χ0v) is 14.1. The van der Waals surface area contributed by atoms with E-state index in [1.807, 2.05) is 30.3 Å². The zero-order chi connectivity index (χ0) is 15.2. The SMILES string of the molecule is CCNC(C)c1ccc(OC)cc1OCc1ccc(Cl)s1. The second-order valence-electron chi connectivity index (χ2n) is 4.68. The van der Waals surface area contributed by atoms with Gasteiger partial charge >= 0.3 is 0 Å². The minimum absolute atomic E-state index is 0.225. The van der Waals surface area contributed by atoms with E-state index in [0.717, 1.165) is 32.8 Å². The van der Waals surface area contributed by atoms with Crippen molar-refractivity contribution in [2.24, 2.45) is 0 Å². The van der Waals surface area contributed by atoms with Crippen molar-refractivity contribution in [2.75, 3.05) is 13.7 Å². The predicted octanol–water partition coefficient (Wildman–Crippen LogP) is 4.66. The molecule has 0 amide bonds. The Morgan fingerprint density at radius 1 is 1.29 bits per heavy atom. The molecule has 1 aromatic carbocycles. The van der Waals surface area contributed by atoms with E-state index in [1.165, 1.54) is 11.3 Å². The van der Waals surface area contributed by atoms with E-state index in [1.54, 1.807) is 7.11 Å². The van der Waals surface area contributed by atoms with Gasteiger partial charge in [0.25, 0.3) is 0 Å². The summed E-state index contributed by atoms with van der Waals surface area (Å²) in [6.07, 6.45) is 0. The Labute approximate surface area is 134 Å². The van der Waals surface area contributed by atoms with E-state index in [-0.39, 0.29) is 6.04 Å². The monoisotopic (exact) mass is 325 g/mol. The van der Waals surface area contributed by atoms with E-state index < -0.39 is 0 Å². The molecule has 2 aromatic rings. The highest BCUT2D eigenvalue weighted by Crippen LogP contribution is 2.31. The van der Waals surface area contributed by atoms with Crippen LogP contribution in [0.2, 0.25) is 4.34 Å².